The zero-order chi connectivity index (χ0) is 33.6. The van der Waals surface area contributed by atoms with Gasteiger partial charge in [-0.25, -0.2) is 18.2 Å². The summed E-state index contributed by atoms with van der Waals surface area (Å²) in [4.78, 5) is 31.1. The average molecular weight is 645 g/mol. The van der Waals surface area contributed by atoms with Crippen molar-refractivity contribution in [3.8, 4) is 0 Å². The number of carboxylic acids is 1. The van der Waals surface area contributed by atoms with Crippen LogP contribution in [0.2, 0.25) is 0 Å². The topological polar surface area (TPSA) is 189 Å². The van der Waals surface area contributed by atoms with Gasteiger partial charge in [-0.2, -0.15) is 4.72 Å². The Kier molecular flexibility index (Phi) is 12.0. The summed E-state index contributed by atoms with van der Waals surface area (Å²) in [7, 11) is -4.26. The normalized spacial score (nSPS) is 15.3. The van der Waals surface area contributed by atoms with Crippen molar-refractivity contribution >= 4 is 33.7 Å². The van der Waals surface area contributed by atoms with Crippen LogP contribution in [-0.4, -0.2) is 68.7 Å². The zero-order valence-electron chi connectivity index (χ0n) is 27.3. The molecule has 1 fully saturated rings. The largest absolute Gasteiger partial charge is 0.480 e. The van der Waals surface area contributed by atoms with Gasteiger partial charge in [0.15, 0.2) is 5.96 Å². The van der Waals surface area contributed by atoms with Gasteiger partial charge >= 0.3 is 12.1 Å². The molecule has 45 heavy (non-hydrogen) atoms. The number of sulfonamides is 1. The monoisotopic (exact) mass is 644 g/mol. The van der Waals surface area contributed by atoms with Crippen molar-refractivity contribution in [2.45, 2.75) is 89.7 Å². The van der Waals surface area contributed by atoms with Gasteiger partial charge in [0.25, 0.3) is 0 Å². The molecule has 0 radical (unpaired) electrons. The molecule has 0 bridgehead atoms. The van der Waals surface area contributed by atoms with E-state index in [-0.39, 0.29) is 40.7 Å². The van der Waals surface area contributed by atoms with Crippen LogP contribution in [0.1, 0.15) is 100 Å². The number of rotatable bonds is 12. The molecular formula is C32H48N6O6S. The number of aliphatic imine (C=N–C) groups is 1. The summed E-state index contributed by atoms with van der Waals surface area (Å²) in [5.41, 5.74) is 14.9. The van der Waals surface area contributed by atoms with Gasteiger partial charge in [-0.3, -0.25) is 4.79 Å². The molecule has 248 valence electrons. The van der Waals surface area contributed by atoms with Crippen LogP contribution in [0.15, 0.2) is 40.2 Å². The van der Waals surface area contributed by atoms with Gasteiger partial charge in [-0.1, -0.05) is 65.8 Å². The fourth-order valence-corrected chi connectivity index (χ4v) is 7.18. The minimum Gasteiger partial charge on any atom is -0.480 e. The maximum atomic E-state index is 14.0. The molecule has 1 heterocycles. The lowest BCUT2D eigenvalue weighted by molar-refractivity contribution is -0.138. The number of nitrogens with two attached hydrogens (primary N) is 2. The number of guanidine groups is 1. The van der Waals surface area contributed by atoms with E-state index in [0.717, 1.165) is 5.56 Å². The van der Waals surface area contributed by atoms with E-state index >= 15 is 0 Å². The van der Waals surface area contributed by atoms with E-state index in [2.05, 4.69) is 28.9 Å². The van der Waals surface area contributed by atoms with E-state index < -0.39 is 34.2 Å². The first-order valence-electron chi connectivity index (χ1n) is 15.3. The number of carbonyl (C=O) groups excluding carboxylic acids is 1. The lowest BCUT2D eigenvalue weighted by Gasteiger charge is -2.28. The van der Waals surface area contributed by atoms with Gasteiger partial charge < -0.3 is 31.5 Å². The van der Waals surface area contributed by atoms with Crippen molar-refractivity contribution in [2.75, 3.05) is 26.2 Å². The number of hydrogen-bond acceptors (Lipinski definition) is 7. The number of ether oxygens (including phenoxy) is 1. The number of nitrogens with one attached hydrogen (secondary N) is 2. The van der Waals surface area contributed by atoms with Crippen LogP contribution in [0.4, 0.5) is 10.5 Å². The third-order valence-electron chi connectivity index (χ3n) is 7.82. The summed E-state index contributed by atoms with van der Waals surface area (Å²) in [6, 6.07) is 7.20. The number of carbonyl (C=O) groups is 2. The molecule has 0 saturated carbocycles. The predicted molar refractivity (Wildman–Crippen MR) is 175 cm³/mol. The fourth-order valence-electron chi connectivity index (χ4n) is 5.29. The molecule has 0 aromatic heterocycles. The van der Waals surface area contributed by atoms with E-state index in [0.29, 0.717) is 48.4 Å². The molecule has 2 aromatic rings. The molecule has 12 nitrogen and oxygen atoms in total. The molecule has 3 rings (SSSR count). The molecule has 0 spiro atoms. The summed E-state index contributed by atoms with van der Waals surface area (Å²) >= 11 is 0. The standard InChI is InChI=1S/C32H48N6O6S/c1-18(2)23-16-25(19(3)4)29(26(17-23)20(5)6)45(42,43)37-28(30(39)40)15-22-8-9-24(27(14-22)36-31(33)34)21(7)44-32(41)38-12-10-35-11-13-38/h8-9,14,16-21,28,35,37H,10-13,15H2,1-7H3,(H,39,40)(H4,33,34,36)/t21?,28-/m0/s1. The lowest BCUT2D eigenvalue weighted by Crippen LogP contribution is -2.46. The minimum atomic E-state index is -4.26. The highest BCUT2D eigenvalue weighted by Crippen LogP contribution is 2.35. The molecule has 7 N–H and O–H groups in total. The zero-order valence-corrected chi connectivity index (χ0v) is 28.1. The second-order valence-corrected chi connectivity index (χ2v) is 14.1. The van der Waals surface area contributed by atoms with Crippen LogP contribution in [0.3, 0.4) is 0 Å². The van der Waals surface area contributed by atoms with Crippen LogP contribution in [0.5, 0.6) is 0 Å². The summed E-state index contributed by atoms with van der Waals surface area (Å²) < 4.78 is 36.1. The van der Waals surface area contributed by atoms with Gasteiger partial charge in [0.2, 0.25) is 10.0 Å². The Morgan fingerprint density at radius 1 is 0.956 bits per heavy atom. The Morgan fingerprint density at radius 3 is 2.02 bits per heavy atom. The maximum absolute atomic E-state index is 14.0. The third kappa shape index (κ3) is 9.18. The van der Waals surface area contributed by atoms with Crippen LogP contribution < -0.4 is 21.5 Å². The quantitative estimate of drug-likeness (QED) is 0.168. The number of piperazine rings is 1. The van der Waals surface area contributed by atoms with Gasteiger partial charge in [-0.15, -0.1) is 0 Å². The summed E-state index contributed by atoms with van der Waals surface area (Å²) in [5, 5.41) is 13.3. The smallest absolute Gasteiger partial charge is 0.410 e. The first-order valence-corrected chi connectivity index (χ1v) is 16.8. The van der Waals surface area contributed by atoms with Crippen molar-refractivity contribution in [2.24, 2.45) is 16.5 Å². The Bertz CT molecular complexity index is 1480. The van der Waals surface area contributed by atoms with Crippen LogP contribution in [-0.2, 0) is 26.0 Å². The molecule has 1 saturated heterocycles. The summed E-state index contributed by atoms with van der Waals surface area (Å²) in [5.74, 6) is -1.62. The second-order valence-electron chi connectivity index (χ2n) is 12.4. The number of nitrogens with zero attached hydrogens (tertiary/aromatic N) is 2. The molecule has 1 aliphatic heterocycles. The molecule has 0 aliphatic carbocycles. The van der Waals surface area contributed by atoms with E-state index in [1.807, 2.05) is 39.8 Å². The Morgan fingerprint density at radius 2 is 1.53 bits per heavy atom. The number of benzene rings is 2. The number of aliphatic carboxylic acids is 1. The average Bonchev–Trinajstić information content (AvgIpc) is 2.96. The van der Waals surface area contributed by atoms with Crippen molar-refractivity contribution in [3.63, 3.8) is 0 Å². The molecular weight excluding hydrogens is 596 g/mol. The first kappa shape index (κ1) is 35.8. The van der Waals surface area contributed by atoms with Gasteiger partial charge in [0, 0.05) is 31.7 Å². The Hall–Kier alpha value is -3.68. The van der Waals surface area contributed by atoms with Crippen molar-refractivity contribution in [3.05, 3.63) is 58.1 Å². The van der Waals surface area contributed by atoms with Gasteiger partial charge in [0.05, 0.1) is 10.6 Å². The number of carboxylic acid groups (broad SMARTS) is 1. The van der Waals surface area contributed by atoms with Crippen LogP contribution in [0.25, 0.3) is 0 Å². The number of amides is 1. The highest BCUT2D eigenvalue weighted by atomic mass is 32.2. The molecule has 2 aromatic carbocycles. The molecule has 1 unspecified atom stereocenters. The lowest BCUT2D eigenvalue weighted by atomic mass is 9.89. The molecule has 1 amide bonds. The SMILES string of the molecule is CC(C)c1cc(C(C)C)c(S(=O)(=O)N[C@@H](Cc2ccc(C(C)OC(=O)N3CCNCC3)c(N=C(N)N)c2)C(=O)O)c(C(C)C)c1. The Balaban J connectivity index is 1.95. The van der Waals surface area contributed by atoms with E-state index in [1.54, 1.807) is 30.0 Å². The van der Waals surface area contributed by atoms with E-state index in [9.17, 15) is 23.1 Å². The first-order chi connectivity index (χ1) is 21.0. The van der Waals surface area contributed by atoms with Crippen molar-refractivity contribution in [1.82, 2.24) is 14.9 Å². The van der Waals surface area contributed by atoms with E-state index in [1.165, 1.54) is 0 Å². The van der Waals surface area contributed by atoms with Crippen molar-refractivity contribution < 1.29 is 27.9 Å². The van der Waals surface area contributed by atoms with Gasteiger partial charge in [0.1, 0.15) is 12.1 Å². The highest BCUT2D eigenvalue weighted by Gasteiger charge is 2.32. The van der Waals surface area contributed by atoms with Crippen LogP contribution in [0, 0.1) is 0 Å². The second kappa shape index (κ2) is 15.1. The molecule has 2 atom stereocenters. The van der Waals surface area contributed by atoms with E-state index in [4.69, 9.17) is 16.2 Å². The fraction of sp³-hybridized carbons (Fsp3) is 0.531. The van der Waals surface area contributed by atoms with Gasteiger partial charge in [-0.05, 0) is 59.4 Å². The third-order valence-corrected chi connectivity index (χ3v) is 9.42. The van der Waals surface area contributed by atoms with Crippen molar-refractivity contribution in [1.29, 1.82) is 0 Å². The Labute approximate surface area is 266 Å². The molecule has 1 aliphatic rings. The predicted octanol–water partition coefficient (Wildman–Crippen LogP) is 4.04. The summed E-state index contributed by atoms with van der Waals surface area (Å²) in [6.45, 7) is 15.9. The summed E-state index contributed by atoms with van der Waals surface area (Å²) in [6.07, 6.45) is -1.37. The highest BCUT2D eigenvalue weighted by molar-refractivity contribution is 7.89. The number of hydrogen-bond donors (Lipinski definition) is 5. The molecule has 13 heteroatoms. The minimum absolute atomic E-state index is 0.117. The maximum Gasteiger partial charge on any atom is 0.410 e. The van der Waals surface area contributed by atoms with Crippen LogP contribution >= 0.6 is 0 Å².